The van der Waals surface area contributed by atoms with Crippen LogP contribution in [-0.4, -0.2) is 56.2 Å². The molecular formula is C24H33N5O2. The fourth-order valence-electron chi connectivity index (χ4n) is 5.83. The number of hydrogen-bond donors (Lipinski definition) is 0. The predicted molar refractivity (Wildman–Crippen MR) is 119 cm³/mol. The van der Waals surface area contributed by atoms with Gasteiger partial charge in [-0.2, -0.15) is 5.10 Å². The standard InChI is InChI=1S/C24H33N5O2/c1-17-20(14-26(2)25-17)16-27-12-18-11-19(15-27)22-8-7-21(24(31)29(22)13-18)23(30)28-9-5-3-4-6-10-28/h7-8,14,18-19H,3-6,9-13,15-16H2,1-2H3/t18-,19+/m0/s1. The van der Waals surface area contributed by atoms with Crippen molar-refractivity contribution in [3.05, 3.63) is 51.2 Å². The van der Waals surface area contributed by atoms with E-state index in [2.05, 4.69) is 23.1 Å². The van der Waals surface area contributed by atoms with Gasteiger partial charge in [-0.05, 0) is 44.2 Å². The largest absolute Gasteiger partial charge is 0.338 e. The van der Waals surface area contributed by atoms with E-state index in [0.29, 0.717) is 23.9 Å². The maximum absolute atomic E-state index is 13.3. The van der Waals surface area contributed by atoms with Crippen molar-refractivity contribution in [1.29, 1.82) is 0 Å². The van der Waals surface area contributed by atoms with Crippen molar-refractivity contribution in [3.63, 3.8) is 0 Å². The summed E-state index contributed by atoms with van der Waals surface area (Å²) in [5, 5.41) is 4.48. The quantitative estimate of drug-likeness (QED) is 0.761. The summed E-state index contributed by atoms with van der Waals surface area (Å²) in [6.07, 6.45) is 7.65. The van der Waals surface area contributed by atoms with Gasteiger partial charge >= 0.3 is 0 Å². The summed E-state index contributed by atoms with van der Waals surface area (Å²) in [5.74, 6) is 0.718. The molecule has 3 aliphatic rings. The summed E-state index contributed by atoms with van der Waals surface area (Å²) >= 11 is 0. The smallest absolute Gasteiger partial charge is 0.263 e. The number of carbonyl (C=O) groups is 1. The van der Waals surface area contributed by atoms with Gasteiger partial charge in [-0.25, -0.2) is 0 Å². The van der Waals surface area contributed by atoms with E-state index in [1.807, 2.05) is 27.3 Å². The number of carbonyl (C=O) groups excluding carboxylic acids is 1. The first kappa shape index (κ1) is 20.5. The number of rotatable bonds is 3. The molecule has 0 N–H and O–H groups in total. The van der Waals surface area contributed by atoms with Crippen LogP contribution in [0.1, 0.15) is 65.3 Å². The summed E-state index contributed by atoms with van der Waals surface area (Å²) < 4.78 is 3.80. The topological polar surface area (TPSA) is 63.4 Å². The lowest BCUT2D eigenvalue weighted by molar-refractivity contribution is 0.0756. The molecule has 3 aliphatic heterocycles. The second kappa shape index (κ2) is 8.26. The fraction of sp³-hybridized carbons (Fsp3) is 0.625. The van der Waals surface area contributed by atoms with E-state index in [4.69, 9.17) is 0 Å². The van der Waals surface area contributed by atoms with Crippen molar-refractivity contribution >= 4 is 5.91 Å². The molecule has 5 heterocycles. The Kier molecular flexibility index (Phi) is 5.46. The second-order valence-corrected chi connectivity index (χ2v) is 9.70. The van der Waals surface area contributed by atoms with E-state index in [-0.39, 0.29) is 11.5 Å². The molecule has 166 valence electrons. The highest BCUT2D eigenvalue weighted by molar-refractivity contribution is 5.93. The summed E-state index contributed by atoms with van der Waals surface area (Å²) in [7, 11) is 1.97. The van der Waals surface area contributed by atoms with E-state index < -0.39 is 0 Å². The average Bonchev–Trinajstić information content (AvgIpc) is 2.93. The third-order valence-electron chi connectivity index (χ3n) is 7.31. The molecule has 31 heavy (non-hydrogen) atoms. The maximum Gasteiger partial charge on any atom is 0.263 e. The number of hydrogen-bond acceptors (Lipinski definition) is 4. The molecular weight excluding hydrogens is 390 g/mol. The van der Waals surface area contributed by atoms with Crippen LogP contribution in [0, 0.1) is 12.8 Å². The molecule has 0 unspecified atom stereocenters. The van der Waals surface area contributed by atoms with E-state index in [1.54, 1.807) is 6.07 Å². The number of nitrogens with zero attached hydrogens (tertiary/aromatic N) is 5. The van der Waals surface area contributed by atoms with Crippen LogP contribution in [0.15, 0.2) is 23.1 Å². The van der Waals surface area contributed by atoms with Gasteiger partial charge in [0.1, 0.15) is 5.56 Å². The third-order valence-corrected chi connectivity index (χ3v) is 7.31. The van der Waals surface area contributed by atoms with Gasteiger partial charge in [0.25, 0.3) is 11.5 Å². The Bertz CT molecular complexity index is 1030. The van der Waals surface area contributed by atoms with Gasteiger partial charge in [0, 0.05) is 69.7 Å². The molecule has 2 aromatic rings. The third kappa shape index (κ3) is 3.95. The van der Waals surface area contributed by atoms with E-state index in [1.165, 1.54) is 18.4 Å². The van der Waals surface area contributed by atoms with Gasteiger partial charge in [0.05, 0.1) is 5.69 Å². The Balaban J connectivity index is 1.37. The van der Waals surface area contributed by atoms with Crippen molar-refractivity contribution in [3.8, 4) is 0 Å². The number of piperidine rings is 1. The fourth-order valence-corrected chi connectivity index (χ4v) is 5.83. The predicted octanol–water partition coefficient (Wildman–Crippen LogP) is 2.53. The Hall–Kier alpha value is -2.41. The van der Waals surface area contributed by atoms with Gasteiger partial charge in [0.2, 0.25) is 0 Å². The van der Waals surface area contributed by atoms with Crippen LogP contribution in [0.5, 0.6) is 0 Å². The van der Waals surface area contributed by atoms with Crippen LogP contribution < -0.4 is 5.56 Å². The van der Waals surface area contributed by atoms with E-state index in [9.17, 15) is 9.59 Å². The molecule has 0 radical (unpaired) electrons. The SMILES string of the molecule is Cc1nn(C)cc1CN1C[C@@H]2C[C@H](C1)c1ccc(C(=O)N3CCCCCC3)c(=O)n1C2. The number of aromatic nitrogens is 3. The van der Waals surface area contributed by atoms with Crippen LogP contribution in [0.25, 0.3) is 0 Å². The molecule has 5 rings (SSSR count). The Labute approximate surface area is 183 Å². The zero-order chi connectivity index (χ0) is 21.5. The normalized spacial score (nSPS) is 24.0. The van der Waals surface area contributed by atoms with Crippen molar-refractivity contribution in [1.82, 2.24) is 24.1 Å². The molecule has 2 bridgehead atoms. The minimum atomic E-state index is -0.0852. The van der Waals surface area contributed by atoms with Gasteiger partial charge in [-0.3, -0.25) is 19.2 Å². The highest BCUT2D eigenvalue weighted by Gasteiger charge is 2.36. The number of fused-ring (bicyclic) bond motifs is 4. The summed E-state index contributed by atoms with van der Waals surface area (Å²) in [4.78, 5) is 30.8. The minimum absolute atomic E-state index is 0.0772. The van der Waals surface area contributed by atoms with Gasteiger partial charge in [-0.1, -0.05) is 12.8 Å². The molecule has 1 amide bonds. The number of pyridine rings is 1. The van der Waals surface area contributed by atoms with Gasteiger partial charge < -0.3 is 9.47 Å². The van der Waals surface area contributed by atoms with Gasteiger partial charge in [-0.15, -0.1) is 0 Å². The lowest BCUT2D eigenvalue weighted by Crippen LogP contribution is -2.48. The molecule has 2 saturated heterocycles. The zero-order valence-electron chi connectivity index (χ0n) is 18.7. The second-order valence-electron chi connectivity index (χ2n) is 9.70. The Morgan fingerprint density at radius 3 is 2.58 bits per heavy atom. The maximum atomic E-state index is 13.3. The number of amides is 1. The van der Waals surface area contributed by atoms with Gasteiger partial charge in [0.15, 0.2) is 0 Å². The van der Waals surface area contributed by atoms with E-state index in [0.717, 1.165) is 63.4 Å². The van der Waals surface area contributed by atoms with Crippen LogP contribution in [0.3, 0.4) is 0 Å². The van der Waals surface area contributed by atoms with Crippen molar-refractivity contribution in [2.75, 3.05) is 26.2 Å². The first-order chi connectivity index (χ1) is 15.0. The molecule has 0 spiro atoms. The molecule has 2 atom stereocenters. The van der Waals surface area contributed by atoms with Crippen LogP contribution in [-0.2, 0) is 20.1 Å². The van der Waals surface area contributed by atoms with Crippen LogP contribution >= 0.6 is 0 Å². The lowest BCUT2D eigenvalue weighted by atomic mass is 9.82. The van der Waals surface area contributed by atoms with Crippen LogP contribution in [0.4, 0.5) is 0 Å². The molecule has 7 heteroatoms. The zero-order valence-corrected chi connectivity index (χ0v) is 18.7. The molecule has 0 aromatic carbocycles. The monoisotopic (exact) mass is 423 g/mol. The lowest BCUT2D eigenvalue weighted by Gasteiger charge is -2.43. The molecule has 0 aliphatic carbocycles. The number of likely N-dealkylation sites (tertiary alicyclic amines) is 2. The molecule has 0 saturated carbocycles. The Morgan fingerprint density at radius 2 is 1.87 bits per heavy atom. The first-order valence-electron chi connectivity index (χ1n) is 11.7. The van der Waals surface area contributed by atoms with Crippen molar-refractivity contribution in [2.24, 2.45) is 13.0 Å². The summed E-state index contributed by atoms with van der Waals surface area (Å²) in [6.45, 7) is 7.17. The highest BCUT2D eigenvalue weighted by atomic mass is 16.2. The van der Waals surface area contributed by atoms with Crippen molar-refractivity contribution in [2.45, 2.75) is 58.0 Å². The van der Waals surface area contributed by atoms with Crippen LogP contribution in [0.2, 0.25) is 0 Å². The highest BCUT2D eigenvalue weighted by Crippen LogP contribution is 2.36. The molecule has 2 fully saturated rings. The molecule has 2 aromatic heterocycles. The van der Waals surface area contributed by atoms with E-state index >= 15 is 0 Å². The first-order valence-corrected chi connectivity index (χ1v) is 11.7. The number of aryl methyl sites for hydroxylation is 2. The Morgan fingerprint density at radius 1 is 1.10 bits per heavy atom. The minimum Gasteiger partial charge on any atom is -0.338 e. The molecule has 7 nitrogen and oxygen atoms in total. The summed E-state index contributed by atoms with van der Waals surface area (Å²) in [6, 6.07) is 3.85. The average molecular weight is 424 g/mol. The van der Waals surface area contributed by atoms with Crippen molar-refractivity contribution < 1.29 is 4.79 Å². The summed E-state index contributed by atoms with van der Waals surface area (Å²) in [5.41, 5.74) is 3.73.